The van der Waals surface area contributed by atoms with Crippen molar-refractivity contribution >= 4 is 38.7 Å². The Labute approximate surface area is 219 Å². The highest BCUT2D eigenvalue weighted by atomic mass is 35.5. The first-order chi connectivity index (χ1) is 17.9. The third-order valence-corrected chi connectivity index (χ3v) is 9.93. The molecule has 194 valence electrons. The number of piperidine rings is 1. The Bertz CT molecular complexity index is 1540. The quantitative estimate of drug-likeness (QED) is 0.317. The van der Waals surface area contributed by atoms with Crippen LogP contribution in [0.1, 0.15) is 32.6 Å². The zero-order valence-electron chi connectivity index (χ0n) is 20.4. The van der Waals surface area contributed by atoms with Gasteiger partial charge in [0.15, 0.2) is 21.2 Å². The van der Waals surface area contributed by atoms with E-state index < -0.39 is 9.84 Å². The molecule has 3 N–H and O–H groups in total. The molecule has 4 heterocycles. The molecule has 1 saturated heterocycles. The Morgan fingerprint density at radius 3 is 2.76 bits per heavy atom. The van der Waals surface area contributed by atoms with Gasteiger partial charge < -0.3 is 15.4 Å². The summed E-state index contributed by atoms with van der Waals surface area (Å²) in [5.74, 6) is 0.904. The van der Waals surface area contributed by atoms with E-state index in [2.05, 4.69) is 30.9 Å². The van der Waals surface area contributed by atoms with Crippen molar-refractivity contribution in [2.75, 3.05) is 25.0 Å². The van der Waals surface area contributed by atoms with Crippen LogP contribution in [0, 0.1) is 5.41 Å². The lowest BCUT2D eigenvalue weighted by atomic mass is 9.63. The van der Waals surface area contributed by atoms with E-state index in [0.717, 1.165) is 49.9 Å². The lowest BCUT2D eigenvalue weighted by Gasteiger charge is -2.49. The van der Waals surface area contributed by atoms with Crippen molar-refractivity contribution in [2.45, 2.75) is 42.8 Å². The zero-order valence-corrected chi connectivity index (χ0v) is 21.9. The smallest absolute Gasteiger partial charge is 0.247 e. The molecule has 0 bridgehead atoms. The van der Waals surface area contributed by atoms with Crippen molar-refractivity contribution < 1.29 is 13.2 Å². The van der Waals surface area contributed by atoms with Crippen LogP contribution in [0.4, 0.5) is 11.6 Å². The second-order valence-corrected chi connectivity index (χ2v) is 12.4. The number of hydrogen-bond acceptors (Lipinski definition) is 8. The van der Waals surface area contributed by atoms with E-state index in [1.165, 1.54) is 6.07 Å². The Kier molecular flexibility index (Phi) is 6.09. The molecule has 2 fully saturated rings. The van der Waals surface area contributed by atoms with Gasteiger partial charge in [0.25, 0.3) is 0 Å². The highest BCUT2D eigenvalue weighted by molar-refractivity contribution is 7.92. The summed E-state index contributed by atoms with van der Waals surface area (Å²) < 4.78 is 34.1. The molecule has 3 aromatic heterocycles. The molecule has 12 heteroatoms. The number of benzene rings is 1. The molecule has 37 heavy (non-hydrogen) atoms. The van der Waals surface area contributed by atoms with Crippen molar-refractivity contribution in [1.82, 2.24) is 30.1 Å². The fourth-order valence-electron chi connectivity index (χ4n) is 5.47. The highest BCUT2D eigenvalue weighted by Crippen LogP contribution is 2.52. The highest BCUT2D eigenvalue weighted by Gasteiger charge is 2.50. The summed E-state index contributed by atoms with van der Waals surface area (Å²) in [4.78, 5) is 4.86. The van der Waals surface area contributed by atoms with Crippen LogP contribution in [0.3, 0.4) is 0 Å². The summed E-state index contributed by atoms with van der Waals surface area (Å²) in [6.07, 6.45) is 8.84. The lowest BCUT2D eigenvalue weighted by molar-refractivity contribution is 0.0901. The van der Waals surface area contributed by atoms with Gasteiger partial charge in [-0.15, -0.1) is 5.10 Å². The number of hydrogen-bond donors (Lipinski definition) is 3. The van der Waals surface area contributed by atoms with Gasteiger partial charge in [-0.1, -0.05) is 11.6 Å². The molecular weight excluding hydrogens is 514 g/mol. The van der Waals surface area contributed by atoms with Crippen LogP contribution in [0.5, 0.6) is 5.75 Å². The van der Waals surface area contributed by atoms with Crippen LogP contribution < -0.4 is 15.4 Å². The molecule has 0 atom stereocenters. The van der Waals surface area contributed by atoms with Gasteiger partial charge >= 0.3 is 0 Å². The van der Waals surface area contributed by atoms with Crippen molar-refractivity contribution in [3.8, 4) is 16.9 Å². The second kappa shape index (κ2) is 9.30. The number of halogens is 1. The third-order valence-electron chi connectivity index (χ3n) is 7.50. The topological polar surface area (TPSA) is 126 Å². The monoisotopic (exact) mass is 541 g/mol. The van der Waals surface area contributed by atoms with Crippen molar-refractivity contribution in [2.24, 2.45) is 5.41 Å². The number of aromatic nitrogens is 5. The third kappa shape index (κ3) is 4.34. The van der Waals surface area contributed by atoms with E-state index in [9.17, 15) is 8.42 Å². The molecular formula is C25H28ClN7O3S. The van der Waals surface area contributed by atoms with Gasteiger partial charge in [0.2, 0.25) is 5.95 Å². The minimum Gasteiger partial charge on any atom is -0.489 e. The average Bonchev–Trinajstić information content (AvgIpc) is 3.55. The fraction of sp³-hybridized carbons (Fsp3) is 0.400. The SMILES string of the molecule is CCOc1c(-c2cn[nH]c2)ccn2nc(Nc3ccc(S(=O)(=O)C4CC5(CCNCC5)C4)cc3Cl)nc12. The van der Waals surface area contributed by atoms with Crippen molar-refractivity contribution in [3.63, 3.8) is 0 Å². The van der Waals surface area contributed by atoms with Gasteiger partial charge in [-0.3, -0.25) is 5.10 Å². The predicted molar refractivity (Wildman–Crippen MR) is 141 cm³/mol. The first-order valence-electron chi connectivity index (χ1n) is 12.4. The first kappa shape index (κ1) is 24.2. The normalized spacial score (nSPS) is 17.7. The number of sulfone groups is 1. The number of nitrogens with one attached hydrogen (secondary N) is 3. The van der Waals surface area contributed by atoms with E-state index >= 15 is 0 Å². The number of nitrogens with zero attached hydrogens (tertiary/aromatic N) is 4. The number of anilines is 2. The van der Waals surface area contributed by atoms with Crippen molar-refractivity contribution in [3.05, 3.63) is 47.9 Å². The minimum absolute atomic E-state index is 0.181. The maximum atomic E-state index is 13.3. The molecule has 10 nitrogen and oxygen atoms in total. The number of fused-ring (bicyclic) bond motifs is 1. The summed E-state index contributed by atoms with van der Waals surface area (Å²) in [6.45, 7) is 4.30. The fourth-order valence-corrected chi connectivity index (χ4v) is 7.83. The first-order valence-corrected chi connectivity index (χ1v) is 14.3. The van der Waals surface area contributed by atoms with E-state index in [1.54, 1.807) is 35.2 Å². The van der Waals surface area contributed by atoms with Gasteiger partial charge in [0.05, 0.1) is 33.7 Å². The Balaban J connectivity index is 1.24. The van der Waals surface area contributed by atoms with Gasteiger partial charge in [-0.05, 0) is 75.4 Å². The van der Waals surface area contributed by atoms with E-state index in [1.807, 2.05) is 13.0 Å². The molecule has 0 unspecified atom stereocenters. The Morgan fingerprint density at radius 1 is 1.24 bits per heavy atom. The van der Waals surface area contributed by atoms with Crippen LogP contribution in [0.15, 0.2) is 47.8 Å². The molecule has 1 aliphatic carbocycles. The molecule has 2 aliphatic rings. The summed E-state index contributed by atoms with van der Waals surface area (Å²) in [5.41, 5.74) is 2.96. The summed E-state index contributed by atoms with van der Waals surface area (Å²) in [7, 11) is -3.44. The Morgan fingerprint density at radius 2 is 2.05 bits per heavy atom. The Hall–Kier alpha value is -3.15. The van der Waals surface area contributed by atoms with Crippen LogP contribution in [-0.2, 0) is 9.84 Å². The van der Waals surface area contributed by atoms with Gasteiger partial charge in [-0.2, -0.15) is 10.1 Å². The number of rotatable bonds is 7. The van der Waals surface area contributed by atoms with Crippen LogP contribution in [0.2, 0.25) is 5.02 Å². The van der Waals surface area contributed by atoms with E-state index in [0.29, 0.717) is 34.7 Å². The minimum atomic E-state index is -3.44. The van der Waals surface area contributed by atoms with Crippen LogP contribution in [-0.4, -0.2) is 58.2 Å². The number of ether oxygens (including phenoxy) is 1. The predicted octanol–water partition coefficient (Wildman–Crippen LogP) is 4.22. The van der Waals surface area contributed by atoms with Crippen molar-refractivity contribution in [1.29, 1.82) is 0 Å². The second-order valence-electron chi connectivity index (χ2n) is 9.77. The summed E-state index contributed by atoms with van der Waals surface area (Å²) >= 11 is 6.53. The maximum absolute atomic E-state index is 13.3. The van der Waals surface area contributed by atoms with Gasteiger partial charge in [0.1, 0.15) is 0 Å². The summed E-state index contributed by atoms with van der Waals surface area (Å²) in [5, 5.41) is 17.7. The average molecular weight is 542 g/mol. The molecule has 0 amide bonds. The number of H-pyrrole nitrogens is 1. The number of aromatic amines is 1. The molecule has 1 aromatic carbocycles. The van der Waals surface area contributed by atoms with Gasteiger partial charge in [-0.25, -0.2) is 12.9 Å². The maximum Gasteiger partial charge on any atom is 0.247 e. The lowest BCUT2D eigenvalue weighted by Crippen LogP contribution is -2.50. The van der Waals surface area contributed by atoms with E-state index in [-0.39, 0.29) is 15.6 Å². The molecule has 1 saturated carbocycles. The molecule has 6 rings (SSSR count). The van der Waals surface area contributed by atoms with Crippen LogP contribution >= 0.6 is 11.6 Å². The van der Waals surface area contributed by atoms with Gasteiger partial charge in [0, 0.05) is 23.5 Å². The van der Waals surface area contributed by atoms with E-state index in [4.69, 9.17) is 16.3 Å². The number of pyridine rings is 1. The molecule has 0 radical (unpaired) electrons. The molecule has 1 spiro atoms. The molecule has 1 aliphatic heterocycles. The standard InChI is InChI=1S/C25H28ClN7O3S/c1-2-36-22-19(16-14-28-29-15-16)5-10-33-23(22)31-24(32-33)30-21-4-3-17(11-20(21)26)37(34,35)18-12-25(13-18)6-8-27-9-7-25/h3-5,10-11,14-15,18,27H,2,6-9,12-13H2,1H3,(H,28,29)(H,30,32). The molecule has 4 aromatic rings. The zero-order chi connectivity index (χ0) is 25.6. The largest absolute Gasteiger partial charge is 0.489 e. The van der Waals surface area contributed by atoms with Crippen LogP contribution in [0.25, 0.3) is 16.8 Å². The summed E-state index contributed by atoms with van der Waals surface area (Å²) in [6, 6.07) is 6.68.